The van der Waals surface area contributed by atoms with Crippen LogP contribution in [0.4, 0.5) is 5.69 Å². The Balaban J connectivity index is 2.11. The van der Waals surface area contributed by atoms with Gasteiger partial charge in [0.1, 0.15) is 5.75 Å². The molecule has 0 aromatic heterocycles. The normalized spacial score (nSPS) is 25.4. The van der Waals surface area contributed by atoms with Gasteiger partial charge in [-0.2, -0.15) is 0 Å². The summed E-state index contributed by atoms with van der Waals surface area (Å²) >= 11 is 0. The van der Waals surface area contributed by atoms with Crippen LogP contribution in [0.25, 0.3) is 0 Å². The molecule has 0 bridgehead atoms. The molecule has 1 aliphatic heterocycles. The third-order valence-corrected chi connectivity index (χ3v) is 3.86. The van der Waals surface area contributed by atoms with Crippen LogP contribution in [-0.2, 0) is 4.74 Å². The fourth-order valence-corrected chi connectivity index (χ4v) is 2.31. The van der Waals surface area contributed by atoms with Crippen molar-refractivity contribution in [1.82, 2.24) is 5.32 Å². The van der Waals surface area contributed by atoms with Crippen LogP contribution in [0.2, 0.25) is 0 Å². The SMILES string of the molecule is CCOc1ccc(C(=O)NC2(C)CCOC2C)cc1N. The van der Waals surface area contributed by atoms with Crippen LogP contribution in [0, 0.1) is 0 Å². The van der Waals surface area contributed by atoms with E-state index in [1.807, 2.05) is 20.8 Å². The van der Waals surface area contributed by atoms with Crippen molar-refractivity contribution in [3.63, 3.8) is 0 Å². The predicted octanol–water partition coefficient (Wildman–Crippen LogP) is 1.96. The van der Waals surface area contributed by atoms with Gasteiger partial charge in [-0.15, -0.1) is 0 Å². The summed E-state index contributed by atoms with van der Waals surface area (Å²) in [6.07, 6.45) is 0.818. The summed E-state index contributed by atoms with van der Waals surface area (Å²) in [5, 5.41) is 3.04. The van der Waals surface area contributed by atoms with Crippen molar-refractivity contribution in [3.05, 3.63) is 23.8 Å². The van der Waals surface area contributed by atoms with Gasteiger partial charge < -0.3 is 20.5 Å². The van der Waals surface area contributed by atoms with Crippen molar-refractivity contribution in [3.8, 4) is 5.75 Å². The smallest absolute Gasteiger partial charge is 0.251 e. The molecule has 0 spiro atoms. The number of benzene rings is 1. The number of amides is 1. The molecule has 2 atom stereocenters. The lowest BCUT2D eigenvalue weighted by Crippen LogP contribution is -2.50. The molecular weight excluding hydrogens is 256 g/mol. The minimum atomic E-state index is -0.329. The second-order valence-electron chi connectivity index (χ2n) is 5.32. The number of anilines is 1. The first-order valence-corrected chi connectivity index (χ1v) is 6.92. The predicted molar refractivity (Wildman–Crippen MR) is 77.9 cm³/mol. The summed E-state index contributed by atoms with van der Waals surface area (Å²) in [7, 11) is 0. The summed E-state index contributed by atoms with van der Waals surface area (Å²) in [6, 6.07) is 5.09. The minimum Gasteiger partial charge on any atom is -0.492 e. The van der Waals surface area contributed by atoms with Gasteiger partial charge in [0.15, 0.2) is 0 Å². The van der Waals surface area contributed by atoms with Gasteiger partial charge in [0.25, 0.3) is 5.91 Å². The zero-order valence-corrected chi connectivity index (χ0v) is 12.2. The highest BCUT2D eigenvalue weighted by molar-refractivity contribution is 5.96. The second kappa shape index (κ2) is 5.71. The average molecular weight is 278 g/mol. The lowest BCUT2D eigenvalue weighted by Gasteiger charge is -2.29. The van der Waals surface area contributed by atoms with Crippen molar-refractivity contribution < 1.29 is 14.3 Å². The molecule has 1 amide bonds. The molecule has 1 aromatic rings. The largest absolute Gasteiger partial charge is 0.492 e. The topological polar surface area (TPSA) is 73.6 Å². The standard InChI is InChI=1S/C15H22N2O3/c1-4-19-13-6-5-11(9-12(13)16)14(18)17-15(3)7-8-20-10(15)2/h5-6,9-10H,4,7-8,16H2,1-3H3,(H,17,18). The van der Waals surface area contributed by atoms with E-state index >= 15 is 0 Å². The van der Waals surface area contributed by atoms with Gasteiger partial charge in [-0.25, -0.2) is 0 Å². The molecule has 1 heterocycles. The number of carbonyl (C=O) groups excluding carboxylic acids is 1. The number of hydrogen-bond acceptors (Lipinski definition) is 4. The highest BCUT2D eigenvalue weighted by Gasteiger charge is 2.38. The lowest BCUT2D eigenvalue weighted by molar-refractivity contribution is 0.0727. The van der Waals surface area contributed by atoms with E-state index < -0.39 is 0 Å². The van der Waals surface area contributed by atoms with Crippen LogP contribution in [0.3, 0.4) is 0 Å². The first-order chi connectivity index (χ1) is 9.46. The summed E-state index contributed by atoms with van der Waals surface area (Å²) in [5.74, 6) is 0.465. The van der Waals surface area contributed by atoms with E-state index in [1.54, 1.807) is 18.2 Å². The van der Waals surface area contributed by atoms with Gasteiger partial charge in [-0.1, -0.05) is 0 Å². The van der Waals surface area contributed by atoms with Crippen LogP contribution in [0.5, 0.6) is 5.75 Å². The Bertz CT molecular complexity index is 504. The van der Waals surface area contributed by atoms with E-state index in [-0.39, 0.29) is 17.6 Å². The van der Waals surface area contributed by atoms with Crippen LogP contribution >= 0.6 is 0 Å². The zero-order valence-electron chi connectivity index (χ0n) is 12.2. The second-order valence-corrected chi connectivity index (χ2v) is 5.32. The molecule has 1 saturated heterocycles. The minimum absolute atomic E-state index is 0.00601. The van der Waals surface area contributed by atoms with Gasteiger partial charge in [0, 0.05) is 12.2 Å². The molecule has 0 aliphatic carbocycles. The molecule has 110 valence electrons. The van der Waals surface area contributed by atoms with E-state index in [2.05, 4.69) is 5.32 Å². The quantitative estimate of drug-likeness (QED) is 0.826. The van der Waals surface area contributed by atoms with Crippen molar-refractivity contribution in [2.45, 2.75) is 38.8 Å². The molecule has 2 rings (SSSR count). The van der Waals surface area contributed by atoms with Gasteiger partial charge in [-0.05, 0) is 45.4 Å². The van der Waals surface area contributed by atoms with Gasteiger partial charge >= 0.3 is 0 Å². The number of hydrogen-bond donors (Lipinski definition) is 2. The molecule has 20 heavy (non-hydrogen) atoms. The maximum absolute atomic E-state index is 12.3. The molecule has 1 aromatic carbocycles. The molecule has 3 N–H and O–H groups in total. The molecule has 1 fully saturated rings. The van der Waals surface area contributed by atoms with E-state index in [9.17, 15) is 4.79 Å². The van der Waals surface area contributed by atoms with Crippen molar-refractivity contribution >= 4 is 11.6 Å². The Morgan fingerprint density at radius 2 is 2.35 bits per heavy atom. The van der Waals surface area contributed by atoms with Crippen molar-refractivity contribution in [2.75, 3.05) is 18.9 Å². The molecule has 5 nitrogen and oxygen atoms in total. The molecule has 0 radical (unpaired) electrons. The van der Waals surface area contributed by atoms with Gasteiger partial charge in [0.2, 0.25) is 0 Å². The molecular formula is C15H22N2O3. The van der Waals surface area contributed by atoms with E-state index in [4.69, 9.17) is 15.2 Å². The van der Waals surface area contributed by atoms with Crippen molar-refractivity contribution in [2.24, 2.45) is 0 Å². The van der Waals surface area contributed by atoms with E-state index in [0.717, 1.165) is 6.42 Å². The van der Waals surface area contributed by atoms with E-state index in [1.165, 1.54) is 0 Å². The molecule has 1 aliphatic rings. The Morgan fingerprint density at radius 3 is 2.90 bits per heavy atom. The lowest BCUT2D eigenvalue weighted by atomic mass is 9.94. The first kappa shape index (κ1) is 14.7. The van der Waals surface area contributed by atoms with Crippen LogP contribution in [0.15, 0.2) is 18.2 Å². The highest BCUT2D eigenvalue weighted by atomic mass is 16.5. The number of nitrogen functional groups attached to an aromatic ring is 1. The van der Waals surface area contributed by atoms with Crippen LogP contribution < -0.4 is 15.8 Å². The number of nitrogens with one attached hydrogen (secondary N) is 1. The number of nitrogens with two attached hydrogens (primary N) is 1. The molecule has 2 unspecified atom stereocenters. The Hall–Kier alpha value is -1.75. The summed E-state index contributed by atoms with van der Waals surface area (Å²) in [5.41, 5.74) is 6.56. The maximum atomic E-state index is 12.3. The third kappa shape index (κ3) is 2.88. The van der Waals surface area contributed by atoms with Crippen LogP contribution in [-0.4, -0.2) is 30.8 Å². The molecule has 5 heteroatoms. The Labute approximate surface area is 119 Å². The van der Waals surface area contributed by atoms with E-state index in [0.29, 0.717) is 30.2 Å². The average Bonchev–Trinajstić information content (AvgIpc) is 2.72. The third-order valence-electron chi connectivity index (χ3n) is 3.86. The monoisotopic (exact) mass is 278 g/mol. The van der Waals surface area contributed by atoms with Crippen molar-refractivity contribution in [1.29, 1.82) is 0 Å². The Morgan fingerprint density at radius 1 is 1.60 bits per heavy atom. The first-order valence-electron chi connectivity index (χ1n) is 6.92. The number of rotatable bonds is 4. The Kier molecular flexibility index (Phi) is 4.18. The van der Waals surface area contributed by atoms with Gasteiger partial charge in [0.05, 0.1) is 23.9 Å². The number of ether oxygens (including phenoxy) is 2. The fraction of sp³-hybridized carbons (Fsp3) is 0.533. The van der Waals surface area contributed by atoms with Gasteiger partial charge in [-0.3, -0.25) is 4.79 Å². The summed E-state index contributed by atoms with van der Waals surface area (Å²) in [6.45, 7) is 7.08. The number of carbonyl (C=O) groups is 1. The summed E-state index contributed by atoms with van der Waals surface area (Å²) < 4.78 is 10.9. The zero-order chi connectivity index (χ0) is 14.8. The summed E-state index contributed by atoms with van der Waals surface area (Å²) in [4.78, 5) is 12.3. The fourth-order valence-electron chi connectivity index (χ4n) is 2.31. The van der Waals surface area contributed by atoms with Crippen LogP contribution in [0.1, 0.15) is 37.6 Å². The molecule has 0 saturated carbocycles. The maximum Gasteiger partial charge on any atom is 0.251 e. The highest BCUT2D eigenvalue weighted by Crippen LogP contribution is 2.27.